The maximum Gasteiger partial charge on any atom is 0.251 e. The first-order chi connectivity index (χ1) is 11.1. The van der Waals surface area contributed by atoms with E-state index in [4.69, 9.17) is 15.7 Å². The van der Waals surface area contributed by atoms with E-state index in [1.807, 2.05) is 13.0 Å². The molecule has 1 heterocycles. The van der Waals surface area contributed by atoms with E-state index in [1.54, 1.807) is 18.2 Å². The fraction of sp³-hybridized carbons (Fsp3) is 0.444. The largest absolute Gasteiger partial charge is 0.485 e. The van der Waals surface area contributed by atoms with Crippen molar-refractivity contribution >= 4 is 24.4 Å². The minimum absolute atomic E-state index is 0. The summed E-state index contributed by atoms with van der Waals surface area (Å²) in [7, 11) is 0. The fourth-order valence-corrected chi connectivity index (χ4v) is 3.16. The number of ether oxygens (including phenoxy) is 1. The van der Waals surface area contributed by atoms with Gasteiger partial charge >= 0.3 is 0 Å². The first kappa shape index (κ1) is 18.3. The van der Waals surface area contributed by atoms with Crippen molar-refractivity contribution in [2.75, 3.05) is 0 Å². The Morgan fingerprint density at radius 3 is 2.71 bits per heavy atom. The maximum absolute atomic E-state index is 12.6. The topological polar surface area (TPSA) is 88.1 Å². The lowest BCUT2D eigenvalue weighted by molar-refractivity contribution is -0.119. The fourth-order valence-electron chi connectivity index (χ4n) is 3.16. The van der Waals surface area contributed by atoms with Crippen molar-refractivity contribution in [1.82, 2.24) is 5.32 Å². The molecule has 6 heteroatoms. The number of carbonyl (C=O) groups is 1. The molecule has 1 aromatic carbocycles. The van der Waals surface area contributed by atoms with Gasteiger partial charge in [-0.1, -0.05) is 0 Å². The van der Waals surface area contributed by atoms with Gasteiger partial charge < -0.3 is 15.8 Å². The van der Waals surface area contributed by atoms with Crippen molar-refractivity contribution in [3.8, 4) is 11.8 Å². The highest BCUT2D eigenvalue weighted by Gasteiger charge is 2.27. The maximum atomic E-state index is 12.6. The summed E-state index contributed by atoms with van der Waals surface area (Å²) >= 11 is 0. The van der Waals surface area contributed by atoms with Crippen LogP contribution >= 0.6 is 12.4 Å². The van der Waals surface area contributed by atoms with Crippen LogP contribution in [0, 0.1) is 11.3 Å². The molecule has 5 nitrogen and oxygen atoms in total. The van der Waals surface area contributed by atoms with Crippen LogP contribution in [0.15, 0.2) is 23.8 Å². The van der Waals surface area contributed by atoms with Crippen LogP contribution in [0.3, 0.4) is 0 Å². The zero-order valence-electron chi connectivity index (χ0n) is 13.6. The van der Waals surface area contributed by atoms with Crippen molar-refractivity contribution in [2.24, 2.45) is 5.73 Å². The predicted octanol–water partition coefficient (Wildman–Crippen LogP) is 2.53. The highest BCUT2D eigenvalue weighted by molar-refractivity contribution is 6.00. The molecule has 1 unspecified atom stereocenters. The van der Waals surface area contributed by atoms with E-state index in [9.17, 15) is 4.79 Å². The van der Waals surface area contributed by atoms with Gasteiger partial charge in [0.05, 0.1) is 17.2 Å². The molecule has 24 heavy (non-hydrogen) atoms. The molecular weight excluding hydrogens is 326 g/mol. The van der Waals surface area contributed by atoms with Gasteiger partial charge in [0.25, 0.3) is 5.91 Å². The van der Waals surface area contributed by atoms with Crippen LogP contribution in [-0.2, 0) is 4.79 Å². The van der Waals surface area contributed by atoms with Gasteiger partial charge in [-0.15, -0.1) is 12.4 Å². The van der Waals surface area contributed by atoms with Crippen LogP contribution in [0.4, 0.5) is 0 Å². The number of rotatable bonds is 2. The summed E-state index contributed by atoms with van der Waals surface area (Å²) in [6, 6.07) is 7.79. The molecule has 1 aliphatic carbocycles. The number of carbonyl (C=O) groups excluding carboxylic acids is 1. The number of nitriles is 1. The number of halogens is 1. The Bertz CT molecular complexity index is 688. The lowest BCUT2D eigenvalue weighted by Crippen LogP contribution is -2.43. The van der Waals surface area contributed by atoms with Crippen molar-refractivity contribution < 1.29 is 9.53 Å². The monoisotopic (exact) mass is 347 g/mol. The van der Waals surface area contributed by atoms with Crippen molar-refractivity contribution in [3.05, 3.63) is 34.9 Å². The second-order valence-electron chi connectivity index (χ2n) is 6.31. The summed E-state index contributed by atoms with van der Waals surface area (Å²) in [5, 5.41) is 12.1. The quantitative estimate of drug-likeness (QED) is 0.860. The summed E-state index contributed by atoms with van der Waals surface area (Å²) < 4.78 is 5.81. The summed E-state index contributed by atoms with van der Waals surface area (Å²) in [6.45, 7) is 1.86. The molecule has 1 aliphatic heterocycles. The standard InChI is InChI=1S/C18H21N3O2.ClH/c1-11-16(18(22)21-15-5-3-14(20)4-6-15)9-13-8-12(10-19)2-7-17(13)23-11;/h2,7-9,11,14-15H,3-6,20H2,1H3,(H,21,22);1H. The van der Waals surface area contributed by atoms with Crippen LogP contribution in [0.1, 0.15) is 43.7 Å². The Balaban J connectivity index is 0.00000208. The molecule has 0 radical (unpaired) electrons. The summed E-state index contributed by atoms with van der Waals surface area (Å²) in [4.78, 5) is 12.6. The molecule has 0 spiro atoms. The van der Waals surface area contributed by atoms with E-state index < -0.39 is 0 Å². The normalized spacial score (nSPS) is 25.2. The predicted molar refractivity (Wildman–Crippen MR) is 94.8 cm³/mol. The van der Waals surface area contributed by atoms with Crippen molar-refractivity contribution in [3.63, 3.8) is 0 Å². The molecule has 0 bridgehead atoms. The molecule has 128 valence electrons. The van der Waals surface area contributed by atoms with Gasteiger partial charge in [0.15, 0.2) is 0 Å². The Morgan fingerprint density at radius 1 is 1.33 bits per heavy atom. The second kappa shape index (κ2) is 7.69. The highest BCUT2D eigenvalue weighted by Crippen LogP contribution is 2.30. The number of nitrogens with one attached hydrogen (secondary N) is 1. The molecule has 3 rings (SSSR count). The van der Waals surface area contributed by atoms with Gasteiger partial charge in [0.1, 0.15) is 11.9 Å². The number of benzene rings is 1. The molecule has 2 aliphatic rings. The van der Waals surface area contributed by atoms with Gasteiger partial charge in [0.2, 0.25) is 0 Å². The summed E-state index contributed by atoms with van der Waals surface area (Å²) in [6.07, 6.45) is 5.26. The molecule has 1 saturated carbocycles. The van der Waals surface area contributed by atoms with E-state index in [-0.39, 0.29) is 36.5 Å². The Kier molecular flexibility index (Phi) is 5.87. The zero-order chi connectivity index (χ0) is 16.4. The molecular formula is C18H22ClN3O2. The van der Waals surface area contributed by atoms with Crippen molar-refractivity contribution in [2.45, 2.75) is 50.8 Å². The minimum atomic E-state index is -0.304. The van der Waals surface area contributed by atoms with Crippen LogP contribution < -0.4 is 15.8 Å². The number of nitrogens with zero attached hydrogens (tertiary/aromatic N) is 1. The average Bonchev–Trinajstić information content (AvgIpc) is 2.55. The highest BCUT2D eigenvalue weighted by atomic mass is 35.5. The minimum Gasteiger partial charge on any atom is -0.485 e. The number of nitrogens with two attached hydrogens (primary N) is 1. The van der Waals surface area contributed by atoms with Gasteiger partial charge in [-0.05, 0) is 56.9 Å². The first-order valence-electron chi connectivity index (χ1n) is 8.05. The molecule has 1 atom stereocenters. The zero-order valence-corrected chi connectivity index (χ0v) is 14.4. The smallest absolute Gasteiger partial charge is 0.251 e. The van der Waals surface area contributed by atoms with Gasteiger partial charge in [-0.25, -0.2) is 0 Å². The van der Waals surface area contributed by atoms with Gasteiger partial charge in [-0.2, -0.15) is 5.26 Å². The van der Waals surface area contributed by atoms with Crippen molar-refractivity contribution in [1.29, 1.82) is 5.26 Å². The number of hydrogen-bond donors (Lipinski definition) is 2. The summed E-state index contributed by atoms with van der Waals surface area (Å²) in [5.74, 6) is 0.614. The Hall–Kier alpha value is -2.03. The van der Waals surface area contributed by atoms with E-state index >= 15 is 0 Å². The van der Waals surface area contributed by atoms with E-state index in [0.29, 0.717) is 16.9 Å². The molecule has 0 aromatic heterocycles. The molecule has 0 saturated heterocycles. The van der Waals surface area contributed by atoms with Crippen LogP contribution in [0.25, 0.3) is 6.08 Å². The lowest BCUT2D eigenvalue weighted by atomic mass is 9.91. The third kappa shape index (κ3) is 3.89. The van der Waals surface area contributed by atoms with Crippen LogP contribution in [0.2, 0.25) is 0 Å². The van der Waals surface area contributed by atoms with E-state index in [1.165, 1.54) is 0 Å². The first-order valence-corrected chi connectivity index (χ1v) is 8.05. The van der Waals surface area contributed by atoms with E-state index in [2.05, 4.69) is 11.4 Å². The molecule has 1 fully saturated rings. The second-order valence-corrected chi connectivity index (χ2v) is 6.31. The Labute approximate surface area is 148 Å². The third-order valence-electron chi connectivity index (χ3n) is 4.56. The van der Waals surface area contributed by atoms with Gasteiger partial charge in [-0.3, -0.25) is 4.79 Å². The number of amides is 1. The lowest BCUT2D eigenvalue weighted by Gasteiger charge is -2.29. The van der Waals surface area contributed by atoms with E-state index in [0.717, 1.165) is 31.2 Å². The molecule has 1 amide bonds. The Morgan fingerprint density at radius 2 is 2.04 bits per heavy atom. The molecule has 3 N–H and O–H groups in total. The average molecular weight is 348 g/mol. The third-order valence-corrected chi connectivity index (χ3v) is 4.56. The number of fused-ring (bicyclic) bond motifs is 1. The SMILES string of the molecule is CC1Oc2ccc(C#N)cc2C=C1C(=O)NC1CCC(N)CC1.Cl. The van der Waals surface area contributed by atoms with Gasteiger partial charge in [0, 0.05) is 17.6 Å². The summed E-state index contributed by atoms with van der Waals surface area (Å²) in [5.41, 5.74) is 7.83. The molecule has 1 aromatic rings. The van der Waals surface area contributed by atoms with Crippen LogP contribution in [0.5, 0.6) is 5.75 Å². The van der Waals surface area contributed by atoms with Crippen LogP contribution in [-0.4, -0.2) is 24.1 Å². The number of hydrogen-bond acceptors (Lipinski definition) is 4.